The smallest absolute Gasteiger partial charge is 0.237 e. The van der Waals surface area contributed by atoms with E-state index in [-0.39, 0.29) is 25.2 Å². The van der Waals surface area contributed by atoms with Crippen LogP contribution in [0.25, 0.3) is 0 Å². The lowest BCUT2D eigenvalue weighted by atomic mass is 9.89. The molecule has 124 valence electrons. The normalized spacial score (nSPS) is 18.8. The monoisotopic (exact) mass is 300 g/mol. The Hall–Kier alpha value is -0.650. The number of hydrogen-bond acceptors (Lipinski definition) is 4. The molecule has 1 atom stereocenters. The number of amides is 1. The van der Waals surface area contributed by atoms with Crippen LogP contribution in [-0.4, -0.2) is 60.4 Å². The molecule has 0 heterocycles. The number of carbonyl (C=O) groups excluding carboxylic acids is 1. The fraction of sp³-hybridized carbons (Fsp3) is 0.938. The summed E-state index contributed by atoms with van der Waals surface area (Å²) < 4.78 is 0. The quantitative estimate of drug-likeness (QED) is 0.625. The Morgan fingerprint density at radius 2 is 1.86 bits per heavy atom. The fourth-order valence-corrected chi connectivity index (χ4v) is 2.87. The van der Waals surface area contributed by atoms with Gasteiger partial charge in [-0.3, -0.25) is 9.69 Å². The van der Waals surface area contributed by atoms with Gasteiger partial charge in [0.2, 0.25) is 5.91 Å². The first kappa shape index (κ1) is 18.4. The Morgan fingerprint density at radius 1 is 1.29 bits per heavy atom. The van der Waals surface area contributed by atoms with Crippen LogP contribution in [0.15, 0.2) is 0 Å². The minimum Gasteiger partial charge on any atom is -0.396 e. The number of aliphatic hydroxyl groups excluding tert-OH is 2. The standard InChI is InChI=1S/C16H32N2O3/c1-13(18(3)10-16(2,11-19)12-20)15(21)17-9-14-7-5-4-6-8-14/h13-14,19-20H,4-12H2,1-3H3,(H,17,21). The number of carbonyl (C=O) groups is 1. The van der Waals surface area contributed by atoms with Gasteiger partial charge in [0.15, 0.2) is 0 Å². The van der Waals surface area contributed by atoms with Gasteiger partial charge >= 0.3 is 0 Å². The van der Waals surface area contributed by atoms with Crippen LogP contribution in [0.2, 0.25) is 0 Å². The molecular formula is C16H32N2O3. The van der Waals surface area contributed by atoms with Crippen LogP contribution >= 0.6 is 0 Å². The summed E-state index contributed by atoms with van der Waals surface area (Å²) in [6.45, 7) is 4.75. The molecule has 5 nitrogen and oxygen atoms in total. The number of aliphatic hydroxyl groups is 2. The Morgan fingerprint density at radius 3 is 2.38 bits per heavy atom. The Kier molecular flexibility index (Phi) is 7.63. The van der Waals surface area contributed by atoms with E-state index in [1.807, 2.05) is 25.8 Å². The minimum atomic E-state index is -0.577. The lowest BCUT2D eigenvalue weighted by Gasteiger charge is -2.33. The first-order chi connectivity index (χ1) is 9.91. The van der Waals surface area contributed by atoms with Crippen molar-refractivity contribution in [2.45, 2.75) is 52.0 Å². The van der Waals surface area contributed by atoms with E-state index in [0.717, 1.165) is 6.54 Å². The molecule has 0 aromatic carbocycles. The van der Waals surface area contributed by atoms with Gasteiger partial charge in [0.05, 0.1) is 19.3 Å². The van der Waals surface area contributed by atoms with E-state index in [4.69, 9.17) is 0 Å². The van der Waals surface area contributed by atoms with E-state index in [1.54, 1.807) is 0 Å². The van der Waals surface area contributed by atoms with Crippen LogP contribution in [-0.2, 0) is 4.79 Å². The first-order valence-corrected chi connectivity index (χ1v) is 8.11. The van der Waals surface area contributed by atoms with Gasteiger partial charge in [0.1, 0.15) is 0 Å². The SMILES string of the molecule is CC(C(=O)NCC1CCCCC1)N(C)CC(C)(CO)CO. The molecule has 0 aromatic heterocycles. The van der Waals surface area contributed by atoms with E-state index >= 15 is 0 Å². The van der Waals surface area contributed by atoms with Crippen LogP contribution in [0.1, 0.15) is 46.0 Å². The second-order valence-electron chi connectivity index (χ2n) is 6.97. The maximum Gasteiger partial charge on any atom is 0.237 e. The van der Waals surface area contributed by atoms with Crippen molar-refractivity contribution in [1.29, 1.82) is 0 Å². The van der Waals surface area contributed by atoms with Gasteiger partial charge in [-0.05, 0) is 32.7 Å². The third kappa shape index (κ3) is 5.93. The van der Waals surface area contributed by atoms with E-state index in [9.17, 15) is 15.0 Å². The largest absolute Gasteiger partial charge is 0.396 e. The first-order valence-electron chi connectivity index (χ1n) is 8.11. The van der Waals surface area contributed by atoms with Crippen molar-refractivity contribution in [3.8, 4) is 0 Å². The minimum absolute atomic E-state index is 0.0290. The number of hydrogen-bond donors (Lipinski definition) is 3. The molecule has 1 amide bonds. The summed E-state index contributed by atoms with van der Waals surface area (Å²) in [5.74, 6) is 0.654. The Labute approximate surface area is 128 Å². The summed E-state index contributed by atoms with van der Waals surface area (Å²) in [4.78, 5) is 14.1. The topological polar surface area (TPSA) is 72.8 Å². The number of rotatable bonds is 8. The van der Waals surface area contributed by atoms with Crippen molar-refractivity contribution in [3.05, 3.63) is 0 Å². The number of nitrogens with one attached hydrogen (secondary N) is 1. The number of likely N-dealkylation sites (N-methyl/N-ethyl adjacent to an activating group) is 1. The van der Waals surface area contributed by atoms with Crippen LogP contribution in [0.5, 0.6) is 0 Å². The summed E-state index contributed by atoms with van der Waals surface area (Å²) in [6.07, 6.45) is 6.32. The summed E-state index contributed by atoms with van der Waals surface area (Å²) in [6, 6.07) is -0.258. The average Bonchev–Trinajstić information content (AvgIpc) is 2.52. The zero-order valence-electron chi connectivity index (χ0n) is 13.8. The molecule has 1 aliphatic carbocycles. The highest BCUT2D eigenvalue weighted by Gasteiger charge is 2.28. The van der Waals surface area contributed by atoms with Crippen molar-refractivity contribution in [1.82, 2.24) is 10.2 Å². The van der Waals surface area contributed by atoms with Crippen LogP contribution in [0, 0.1) is 11.3 Å². The van der Waals surface area contributed by atoms with Crippen LogP contribution in [0.3, 0.4) is 0 Å². The molecule has 0 radical (unpaired) electrons. The van der Waals surface area contributed by atoms with E-state index < -0.39 is 5.41 Å². The van der Waals surface area contributed by atoms with Crippen LogP contribution in [0.4, 0.5) is 0 Å². The summed E-state index contributed by atoms with van der Waals surface area (Å²) in [7, 11) is 1.86. The molecule has 0 aliphatic heterocycles. The molecule has 0 bridgehead atoms. The average molecular weight is 300 g/mol. The zero-order valence-corrected chi connectivity index (χ0v) is 13.8. The fourth-order valence-electron chi connectivity index (χ4n) is 2.87. The Balaban J connectivity index is 2.38. The summed E-state index contributed by atoms with van der Waals surface area (Å²) in [5, 5.41) is 21.7. The molecule has 0 aromatic rings. The molecule has 1 aliphatic rings. The maximum atomic E-state index is 12.2. The van der Waals surface area contributed by atoms with Gasteiger partial charge in [-0.25, -0.2) is 0 Å². The van der Waals surface area contributed by atoms with Gasteiger partial charge in [-0.2, -0.15) is 0 Å². The lowest BCUT2D eigenvalue weighted by molar-refractivity contribution is -0.126. The number of nitrogens with zero attached hydrogens (tertiary/aromatic N) is 1. The van der Waals surface area contributed by atoms with E-state index in [0.29, 0.717) is 12.5 Å². The van der Waals surface area contributed by atoms with E-state index in [2.05, 4.69) is 5.32 Å². The molecule has 1 saturated carbocycles. The molecule has 21 heavy (non-hydrogen) atoms. The second-order valence-corrected chi connectivity index (χ2v) is 6.97. The predicted octanol–water partition coefficient (Wildman–Crippen LogP) is 0.994. The highest BCUT2D eigenvalue weighted by molar-refractivity contribution is 5.81. The molecule has 1 fully saturated rings. The van der Waals surface area contributed by atoms with Crippen molar-refractivity contribution in [2.75, 3.05) is 33.4 Å². The van der Waals surface area contributed by atoms with Crippen molar-refractivity contribution in [3.63, 3.8) is 0 Å². The molecule has 1 rings (SSSR count). The second kappa shape index (κ2) is 8.71. The predicted molar refractivity (Wildman–Crippen MR) is 84.0 cm³/mol. The lowest BCUT2D eigenvalue weighted by Crippen LogP contribution is -2.49. The van der Waals surface area contributed by atoms with Gasteiger partial charge < -0.3 is 15.5 Å². The third-order valence-corrected chi connectivity index (χ3v) is 4.72. The van der Waals surface area contributed by atoms with Crippen LogP contribution < -0.4 is 5.32 Å². The van der Waals surface area contributed by atoms with Crippen molar-refractivity contribution in [2.24, 2.45) is 11.3 Å². The zero-order chi connectivity index (χ0) is 15.9. The van der Waals surface area contributed by atoms with E-state index in [1.165, 1.54) is 32.1 Å². The Bertz CT molecular complexity index is 313. The molecule has 5 heteroatoms. The molecule has 3 N–H and O–H groups in total. The highest BCUT2D eigenvalue weighted by atomic mass is 16.3. The van der Waals surface area contributed by atoms with Gasteiger partial charge in [0.25, 0.3) is 0 Å². The van der Waals surface area contributed by atoms with Gasteiger partial charge in [0, 0.05) is 18.5 Å². The molecule has 0 spiro atoms. The summed E-state index contributed by atoms with van der Waals surface area (Å²) in [5.41, 5.74) is -0.577. The van der Waals surface area contributed by atoms with Crippen molar-refractivity contribution >= 4 is 5.91 Å². The van der Waals surface area contributed by atoms with Crippen molar-refractivity contribution < 1.29 is 15.0 Å². The highest BCUT2D eigenvalue weighted by Crippen LogP contribution is 2.23. The van der Waals surface area contributed by atoms with Gasteiger partial charge in [-0.15, -0.1) is 0 Å². The molecule has 1 unspecified atom stereocenters. The maximum absolute atomic E-state index is 12.2. The summed E-state index contributed by atoms with van der Waals surface area (Å²) >= 11 is 0. The third-order valence-electron chi connectivity index (χ3n) is 4.72. The molecule has 0 saturated heterocycles. The van der Waals surface area contributed by atoms with Gasteiger partial charge in [-0.1, -0.05) is 26.2 Å². The molecular weight excluding hydrogens is 268 g/mol.